The van der Waals surface area contributed by atoms with E-state index in [0.29, 0.717) is 56.8 Å². The Balaban J connectivity index is 0.000000238. The van der Waals surface area contributed by atoms with Gasteiger partial charge in [-0.15, -0.1) is 0 Å². The van der Waals surface area contributed by atoms with Crippen LogP contribution in [-0.2, 0) is 16.6 Å². The summed E-state index contributed by atoms with van der Waals surface area (Å²) in [4.78, 5) is 23.0. The van der Waals surface area contributed by atoms with Crippen LogP contribution >= 0.6 is 34.7 Å². The lowest BCUT2D eigenvalue weighted by Crippen LogP contribution is -2.31. The van der Waals surface area contributed by atoms with Gasteiger partial charge in [0.2, 0.25) is 5.91 Å². The molecule has 4 radical (unpaired) electrons. The van der Waals surface area contributed by atoms with Gasteiger partial charge in [-0.1, -0.05) is 35.3 Å². The Labute approximate surface area is 336 Å². The van der Waals surface area contributed by atoms with Crippen molar-refractivity contribution in [2.24, 2.45) is 11.8 Å². The Bertz CT molecular complexity index is 2270. The highest BCUT2D eigenvalue weighted by Gasteiger charge is 2.39. The van der Waals surface area contributed by atoms with Crippen LogP contribution in [-0.4, -0.2) is 70.2 Å². The first-order chi connectivity index (χ1) is 26.3. The molecule has 2 atom stereocenters. The Hall–Kier alpha value is -3.50. The number of fused-ring (bicyclic) bond motifs is 4. The summed E-state index contributed by atoms with van der Waals surface area (Å²) in [7, 11) is 10.4. The molecule has 5 aliphatic rings. The van der Waals surface area contributed by atoms with E-state index in [4.69, 9.17) is 44.0 Å². The maximum absolute atomic E-state index is 16.5. The van der Waals surface area contributed by atoms with Crippen LogP contribution in [0.5, 0.6) is 0 Å². The highest BCUT2D eigenvalue weighted by Crippen LogP contribution is 2.44. The van der Waals surface area contributed by atoms with Gasteiger partial charge >= 0.3 is 0 Å². The number of carbonyl (C=O) groups excluding carboxylic acids is 1. The third-order valence-corrected chi connectivity index (χ3v) is 12.5. The molecular weight excluding hydrogens is 756 g/mol. The zero-order valence-corrected chi connectivity index (χ0v) is 33.0. The number of likely N-dealkylation sites (tertiary alicyclic amines) is 1. The largest absolute Gasteiger partial charge is 0.403 e. The molecule has 2 bridgehead atoms. The Morgan fingerprint density at radius 3 is 2.55 bits per heavy atom. The van der Waals surface area contributed by atoms with Gasteiger partial charge in [0.25, 0.3) is 0 Å². The smallest absolute Gasteiger partial charge is 0.226 e. The standard InChI is InChI=1S/C30H27Cl2FN4O2.C5H5B2NOS.C5H9N/c1-15(38)27-20-14-22(23-8-4-12-37(23)30(39)16-9-10-16)35-28(20)19-13-17(5-3-11-34)24(26(33)29(19)36-27)18-6-2-7-21(31)25(18)32;1-3-2-10-8-4(3)5(6,7)9;1-4-2-5(1)6-3-4/h2,6-7,13-16,23,35,38H,3-5,8-10,12H2,1H3;2,9H,1H3;4-6H,1-3H2. The van der Waals surface area contributed by atoms with E-state index in [9.17, 15) is 15.2 Å². The molecule has 3 aromatic heterocycles. The average Bonchev–Trinajstić information content (AvgIpc) is 3.69. The van der Waals surface area contributed by atoms with Gasteiger partial charge in [0.1, 0.15) is 21.2 Å². The molecule has 2 saturated carbocycles. The lowest BCUT2D eigenvalue weighted by atomic mass is 9.63. The second kappa shape index (κ2) is 16.2. The third kappa shape index (κ3) is 8.18. The van der Waals surface area contributed by atoms with Crippen molar-refractivity contribution < 1.29 is 19.4 Å². The number of aromatic nitrogens is 3. The summed E-state index contributed by atoms with van der Waals surface area (Å²) >= 11 is 14.0. The Morgan fingerprint density at radius 1 is 1.22 bits per heavy atom. The number of nitriles is 1. The number of hydrogen-bond donors (Lipinski definition) is 4. The molecule has 3 saturated heterocycles. The first-order valence-electron chi connectivity index (χ1n) is 18.7. The summed E-state index contributed by atoms with van der Waals surface area (Å²) in [5.74, 6) is 0.813. The molecule has 5 aromatic rings. The van der Waals surface area contributed by atoms with E-state index in [2.05, 4.69) is 25.7 Å². The molecule has 0 spiro atoms. The van der Waals surface area contributed by atoms with Crippen LogP contribution in [0.3, 0.4) is 0 Å². The number of hydrogen-bond acceptors (Lipinski definition) is 8. The van der Waals surface area contributed by atoms with Crippen LogP contribution in [0.4, 0.5) is 4.39 Å². The molecule has 5 fully saturated rings. The van der Waals surface area contributed by atoms with Crippen LogP contribution in [0, 0.1) is 35.9 Å². The number of aliphatic hydroxyl groups is 2. The summed E-state index contributed by atoms with van der Waals surface area (Å²) in [6.45, 7) is 5.43. The van der Waals surface area contributed by atoms with Gasteiger partial charge in [0, 0.05) is 63.3 Å². The van der Waals surface area contributed by atoms with Crippen molar-refractivity contribution >= 4 is 78.1 Å². The lowest BCUT2D eigenvalue weighted by molar-refractivity contribution is -0.133. The molecule has 2 unspecified atom stereocenters. The SMILES string of the molecule is C1NC2CC1C2.CC(O)c1nc2c(F)c(-c3cccc(Cl)c3Cl)c(CCC#N)cc2c2[nH]c(C3CCCN3C(=O)C3CC3)cc12.[B]C([B])(O)c1nscc1C. The van der Waals surface area contributed by atoms with Gasteiger partial charge in [0.15, 0.2) is 5.82 Å². The van der Waals surface area contributed by atoms with E-state index in [-0.39, 0.29) is 40.4 Å². The van der Waals surface area contributed by atoms with E-state index in [0.717, 1.165) is 48.9 Å². The van der Waals surface area contributed by atoms with Gasteiger partial charge in [-0.2, -0.15) is 9.64 Å². The fourth-order valence-corrected chi connectivity index (χ4v) is 9.05. The number of aliphatic hydroxyl groups excluding tert-OH is 1. The molecule has 4 N–H and O–H groups in total. The number of aromatic amines is 1. The van der Waals surface area contributed by atoms with E-state index in [1.165, 1.54) is 30.9 Å². The molecule has 3 aliphatic heterocycles. The monoisotopic (exact) mass is 796 g/mol. The van der Waals surface area contributed by atoms with Gasteiger partial charge < -0.3 is 25.4 Å². The Kier molecular flexibility index (Phi) is 11.7. The second-order valence-corrected chi connectivity index (χ2v) is 16.6. The molecule has 15 heteroatoms. The van der Waals surface area contributed by atoms with E-state index in [1.54, 1.807) is 37.4 Å². The molecule has 9 nitrogen and oxygen atoms in total. The lowest BCUT2D eigenvalue weighted by Gasteiger charge is -2.24. The van der Waals surface area contributed by atoms with E-state index < -0.39 is 17.3 Å². The minimum absolute atomic E-state index is 0.0934. The predicted molar refractivity (Wildman–Crippen MR) is 217 cm³/mol. The van der Waals surface area contributed by atoms with Gasteiger partial charge in [-0.3, -0.25) is 4.79 Å². The van der Waals surface area contributed by atoms with Crippen molar-refractivity contribution in [1.29, 1.82) is 5.26 Å². The third-order valence-electron chi connectivity index (χ3n) is 10.9. The highest BCUT2D eigenvalue weighted by atomic mass is 35.5. The van der Waals surface area contributed by atoms with Crippen LogP contribution in [0.15, 0.2) is 35.7 Å². The normalized spacial score (nSPS) is 20.7. The number of amides is 1. The van der Waals surface area contributed by atoms with Crippen molar-refractivity contribution in [2.45, 2.75) is 88.8 Å². The molecule has 6 heterocycles. The highest BCUT2D eigenvalue weighted by molar-refractivity contribution is 7.03. The van der Waals surface area contributed by atoms with Gasteiger partial charge in [0.05, 0.1) is 45.2 Å². The summed E-state index contributed by atoms with van der Waals surface area (Å²) < 4.78 is 20.3. The number of halogens is 3. The zero-order chi connectivity index (χ0) is 39.2. The molecular formula is C40H41B2Cl2FN6O3S. The van der Waals surface area contributed by atoms with Crippen LogP contribution < -0.4 is 5.32 Å². The van der Waals surface area contributed by atoms with Crippen molar-refractivity contribution in [3.8, 4) is 17.2 Å². The molecule has 55 heavy (non-hydrogen) atoms. The molecule has 2 aromatic carbocycles. The van der Waals surface area contributed by atoms with Crippen molar-refractivity contribution in [1.82, 2.24) is 24.6 Å². The topological polar surface area (TPSA) is 138 Å². The van der Waals surface area contributed by atoms with Crippen molar-refractivity contribution in [2.75, 3.05) is 13.1 Å². The van der Waals surface area contributed by atoms with E-state index in [1.807, 2.05) is 17.0 Å². The number of nitrogens with zero attached hydrogens (tertiary/aromatic N) is 4. The average molecular weight is 797 g/mol. The maximum Gasteiger partial charge on any atom is 0.226 e. The zero-order valence-electron chi connectivity index (χ0n) is 30.7. The number of benzene rings is 2. The summed E-state index contributed by atoms with van der Waals surface area (Å²) in [5, 5.41) is 34.2. The van der Waals surface area contributed by atoms with Crippen molar-refractivity contribution in [3.63, 3.8) is 0 Å². The molecule has 10 rings (SSSR count). The fraction of sp³-hybridized carbons (Fsp3) is 0.450. The van der Waals surface area contributed by atoms with Crippen LogP contribution in [0.2, 0.25) is 10.0 Å². The van der Waals surface area contributed by atoms with Crippen molar-refractivity contribution in [3.05, 3.63) is 79.8 Å². The number of carbonyl (C=O) groups is 1. The molecule has 1 amide bonds. The fourth-order valence-electron chi connectivity index (χ4n) is 7.93. The minimum Gasteiger partial charge on any atom is -0.403 e. The van der Waals surface area contributed by atoms with E-state index >= 15 is 4.39 Å². The predicted octanol–water partition coefficient (Wildman–Crippen LogP) is 7.67. The number of rotatable bonds is 7. The van der Waals surface area contributed by atoms with Gasteiger partial charge in [-0.25, -0.2) is 9.37 Å². The maximum atomic E-state index is 16.5. The quantitative estimate of drug-likeness (QED) is 0.124. The Morgan fingerprint density at radius 2 is 1.98 bits per heavy atom. The molecule has 282 valence electrons. The number of pyridine rings is 1. The summed E-state index contributed by atoms with van der Waals surface area (Å²) in [6, 6.07) is 11.8. The van der Waals surface area contributed by atoms with Crippen LogP contribution in [0.25, 0.3) is 32.9 Å². The van der Waals surface area contributed by atoms with Gasteiger partial charge in [-0.05, 0) is 112 Å². The minimum atomic E-state index is -1.79. The first-order valence-corrected chi connectivity index (χ1v) is 20.3. The number of H-pyrrole nitrogens is 1. The second-order valence-electron chi connectivity index (χ2n) is 15.1. The first kappa shape index (κ1) is 39.7. The molecule has 2 aliphatic carbocycles. The summed E-state index contributed by atoms with van der Waals surface area (Å²) in [5.41, 5.74) is 4.39. The number of aryl methyl sites for hydroxylation is 2. The number of nitrogens with one attached hydrogen (secondary N) is 2. The summed E-state index contributed by atoms with van der Waals surface area (Å²) in [6.07, 6.45) is 6.12. The van der Waals surface area contributed by atoms with Crippen LogP contribution in [0.1, 0.15) is 92.2 Å².